The number of halogens is 1. The molecule has 6 heteroatoms. The number of hydrogen-bond donors (Lipinski definition) is 2. The maximum atomic E-state index is 5.71. The van der Waals surface area contributed by atoms with E-state index in [0.29, 0.717) is 11.6 Å². The average Bonchev–Trinajstić information content (AvgIpc) is 2.68. The van der Waals surface area contributed by atoms with Crippen molar-refractivity contribution < 1.29 is 0 Å². The van der Waals surface area contributed by atoms with Crippen LogP contribution < -0.4 is 11.1 Å². The summed E-state index contributed by atoms with van der Waals surface area (Å²) in [6.45, 7) is 2.06. The molecule has 1 unspecified atom stereocenters. The molecule has 2 aromatic heterocycles. The van der Waals surface area contributed by atoms with Crippen LogP contribution >= 0.6 is 27.3 Å². The zero-order valence-electron chi connectivity index (χ0n) is 8.64. The van der Waals surface area contributed by atoms with Crippen LogP contribution in [0.4, 0.5) is 11.6 Å². The Kier molecular flexibility index (Phi) is 3.40. The fourth-order valence-electron chi connectivity index (χ4n) is 1.30. The fraction of sp³-hybridized carbons (Fsp3) is 0.200. The summed E-state index contributed by atoms with van der Waals surface area (Å²) in [6, 6.07) is 4.26. The number of thiophene rings is 1. The smallest absolute Gasteiger partial charge is 0.169 e. The largest absolute Gasteiger partial charge is 0.381 e. The van der Waals surface area contributed by atoms with E-state index in [1.54, 1.807) is 23.7 Å². The molecule has 2 aromatic rings. The van der Waals surface area contributed by atoms with Gasteiger partial charge >= 0.3 is 0 Å². The SMILES string of the molecule is CC(Nc1nccnc1N)c1ccc(Br)s1. The molecule has 0 spiro atoms. The van der Waals surface area contributed by atoms with E-state index in [1.807, 2.05) is 6.07 Å². The van der Waals surface area contributed by atoms with Crippen LogP contribution in [0.5, 0.6) is 0 Å². The molecular formula is C10H11BrN4S. The molecule has 0 fully saturated rings. The predicted octanol–water partition coefficient (Wildman–Crippen LogP) is 3.06. The van der Waals surface area contributed by atoms with Crippen molar-refractivity contribution in [2.45, 2.75) is 13.0 Å². The van der Waals surface area contributed by atoms with E-state index in [9.17, 15) is 0 Å². The molecular weight excluding hydrogens is 288 g/mol. The summed E-state index contributed by atoms with van der Waals surface area (Å²) in [7, 11) is 0. The number of anilines is 2. The maximum absolute atomic E-state index is 5.71. The maximum Gasteiger partial charge on any atom is 0.169 e. The molecule has 2 rings (SSSR count). The quantitative estimate of drug-likeness (QED) is 0.914. The first-order valence-electron chi connectivity index (χ1n) is 4.75. The zero-order chi connectivity index (χ0) is 11.5. The summed E-state index contributed by atoms with van der Waals surface area (Å²) in [5.74, 6) is 1.05. The number of rotatable bonds is 3. The standard InChI is InChI=1S/C10H11BrN4S/c1-6(7-2-3-8(11)16-7)15-10-9(12)13-4-5-14-10/h2-6H,1H3,(H2,12,13)(H,14,15). The minimum Gasteiger partial charge on any atom is -0.381 e. The third-order valence-corrected chi connectivity index (χ3v) is 3.91. The Balaban J connectivity index is 2.13. The Bertz CT molecular complexity index is 485. The summed E-state index contributed by atoms with van der Waals surface area (Å²) < 4.78 is 1.11. The van der Waals surface area contributed by atoms with Gasteiger partial charge in [-0.25, -0.2) is 9.97 Å². The lowest BCUT2D eigenvalue weighted by atomic mass is 10.3. The number of nitrogens with zero attached hydrogens (tertiary/aromatic N) is 2. The van der Waals surface area contributed by atoms with Gasteiger partial charge in [-0.2, -0.15) is 0 Å². The molecule has 3 N–H and O–H groups in total. The van der Waals surface area contributed by atoms with Gasteiger partial charge in [-0.15, -0.1) is 11.3 Å². The first-order valence-corrected chi connectivity index (χ1v) is 6.36. The zero-order valence-corrected chi connectivity index (χ0v) is 11.0. The fourth-order valence-corrected chi connectivity index (χ4v) is 2.72. The Morgan fingerprint density at radius 2 is 2.12 bits per heavy atom. The van der Waals surface area contributed by atoms with Gasteiger partial charge in [0.1, 0.15) is 0 Å². The highest BCUT2D eigenvalue weighted by Crippen LogP contribution is 2.29. The molecule has 0 aromatic carbocycles. The summed E-state index contributed by atoms with van der Waals surface area (Å²) >= 11 is 5.12. The minimum absolute atomic E-state index is 0.162. The molecule has 0 amide bonds. The first-order chi connectivity index (χ1) is 7.66. The molecule has 84 valence electrons. The van der Waals surface area contributed by atoms with Gasteiger partial charge in [-0.3, -0.25) is 0 Å². The predicted molar refractivity (Wildman–Crippen MR) is 70.5 cm³/mol. The van der Waals surface area contributed by atoms with Gasteiger partial charge in [0.2, 0.25) is 0 Å². The van der Waals surface area contributed by atoms with Gasteiger partial charge in [0.15, 0.2) is 11.6 Å². The molecule has 0 saturated carbocycles. The monoisotopic (exact) mass is 298 g/mol. The molecule has 0 aliphatic rings. The lowest BCUT2D eigenvalue weighted by molar-refractivity contribution is 0.894. The molecule has 2 heterocycles. The molecule has 0 bridgehead atoms. The van der Waals surface area contributed by atoms with Gasteiger partial charge in [0.05, 0.1) is 9.83 Å². The Labute approximate surface area is 106 Å². The van der Waals surface area contributed by atoms with Crippen molar-refractivity contribution in [3.8, 4) is 0 Å². The van der Waals surface area contributed by atoms with E-state index < -0.39 is 0 Å². The molecule has 0 radical (unpaired) electrons. The van der Waals surface area contributed by atoms with E-state index in [2.05, 4.69) is 44.2 Å². The third kappa shape index (κ3) is 2.51. The number of hydrogen-bond acceptors (Lipinski definition) is 5. The molecule has 0 aliphatic carbocycles. The lowest BCUT2D eigenvalue weighted by Gasteiger charge is -2.13. The van der Waals surface area contributed by atoms with Gasteiger partial charge in [0.25, 0.3) is 0 Å². The van der Waals surface area contributed by atoms with Crippen molar-refractivity contribution in [3.63, 3.8) is 0 Å². The van der Waals surface area contributed by atoms with Crippen molar-refractivity contribution in [3.05, 3.63) is 33.2 Å². The first kappa shape index (κ1) is 11.3. The van der Waals surface area contributed by atoms with Crippen LogP contribution in [0.1, 0.15) is 17.8 Å². The van der Waals surface area contributed by atoms with Crippen molar-refractivity contribution in [2.24, 2.45) is 0 Å². The van der Waals surface area contributed by atoms with Crippen molar-refractivity contribution >= 4 is 38.9 Å². The normalized spacial score (nSPS) is 12.4. The molecule has 4 nitrogen and oxygen atoms in total. The summed E-state index contributed by atoms with van der Waals surface area (Å²) in [5.41, 5.74) is 5.71. The highest BCUT2D eigenvalue weighted by molar-refractivity contribution is 9.11. The second-order valence-corrected chi connectivity index (χ2v) is 5.79. The van der Waals surface area contributed by atoms with Gasteiger partial charge < -0.3 is 11.1 Å². The van der Waals surface area contributed by atoms with Crippen LogP contribution in [0, 0.1) is 0 Å². The average molecular weight is 299 g/mol. The second-order valence-electron chi connectivity index (χ2n) is 3.30. The summed E-state index contributed by atoms with van der Waals surface area (Å²) in [6.07, 6.45) is 3.20. The van der Waals surface area contributed by atoms with Gasteiger partial charge in [-0.1, -0.05) is 0 Å². The van der Waals surface area contributed by atoms with E-state index in [1.165, 1.54) is 4.88 Å². The third-order valence-electron chi connectivity index (χ3n) is 2.10. The van der Waals surface area contributed by atoms with E-state index in [4.69, 9.17) is 5.73 Å². The minimum atomic E-state index is 0.162. The number of nitrogens with two attached hydrogens (primary N) is 1. The van der Waals surface area contributed by atoms with Crippen molar-refractivity contribution in [1.82, 2.24) is 9.97 Å². The van der Waals surface area contributed by atoms with E-state index in [-0.39, 0.29) is 6.04 Å². The number of nitrogens with one attached hydrogen (secondary N) is 1. The van der Waals surface area contributed by atoms with Crippen LogP contribution in [0.3, 0.4) is 0 Å². The topological polar surface area (TPSA) is 63.8 Å². The lowest BCUT2D eigenvalue weighted by Crippen LogP contribution is -2.09. The molecule has 16 heavy (non-hydrogen) atoms. The number of aromatic nitrogens is 2. The Morgan fingerprint density at radius 3 is 2.75 bits per heavy atom. The van der Waals surface area contributed by atoms with Gasteiger partial charge in [0, 0.05) is 17.3 Å². The van der Waals surface area contributed by atoms with E-state index in [0.717, 1.165) is 3.79 Å². The van der Waals surface area contributed by atoms with E-state index >= 15 is 0 Å². The number of nitrogen functional groups attached to an aromatic ring is 1. The van der Waals surface area contributed by atoms with Crippen molar-refractivity contribution in [2.75, 3.05) is 11.1 Å². The Morgan fingerprint density at radius 1 is 1.38 bits per heavy atom. The molecule has 0 aliphatic heterocycles. The summed E-state index contributed by atoms with van der Waals surface area (Å²) in [4.78, 5) is 9.34. The highest BCUT2D eigenvalue weighted by Gasteiger charge is 2.10. The Hall–Kier alpha value is -1.14. The van der Waals surface area contributed by atoms with Crippen LogP contribution in [0.2, 0.25) is 0 Å². The van der Waals surface area contributed by atoms with Gasteiger partial charge in [-0.05, 0) is 35.0 Å². The highest BCUT2D eigenvalue weighted by atomic mass is 79.9. The van der Waals surface area contributed by atoms with Crippen LogP contribution in [0.25, 0.3) is 0 Å². The second kappa shape index (κ2) is 4.80. The molecule has 1 atom stereocenters. The van der Waals surface area contributed by atoms with Crippen LogP contribution in [-0.2, 0) is 0 Å². The molecule has 0 saturated heterocycles. The van der Waals surface area contributed by atoms with Crippen molar-refractivity contribution in [1.29, 1.82) is 0 Å². The summed E-state index contributed by atoms with van der Waals surface area (Å²) in [5, 5.41) is 3.23. The van der Waals surface area contributed by atoms with Crippen LogP contribution in [0.15, 0.2) is 28.3 Å². The van der Waals surface area contributed by atoms with Crippen LogP contribution in [-0.4, -0.2) is 9.97 Å².